The molecule has 0 aliphatic carbocycles. The summed E-state index contributed by atoms with van der Waals surface area (Å²) in [5.41, 5.74) is 2.18. The van der Waals surface area contributed by atoms with E-state index in [-0.39, 0.29) is 5.69 Å². The summed E-state index contributed by atoms with van der Waals surface area (Å²) in [6.45, 7) is 1.03. The van der Waals surface area contributed by atoms with E-state index in [1.807, 2.05) is 24.3 Å². The van der Waals surface area contributed by atoms with E-state index in [0.717, 1.165) is 11.1 Å². The largest absolute Gasteiger partial charge is 0.415 e. The number of hydrogen-bond donors (Lipinski definition) is 0. The zero-order valence-electron chi connectivity index (χ0n) is 11.1. The molecule has 0 spiro atoms. The highest BCUT2D eigenvalue weighted by molar-refractivity contribution is 5.71. The first-order valence-electron chi connectivity index (χ1n) is 6.41. The van der Waals surface area contributed by atoms with Crippen molar-refractivity contribution in [2.45, 2.75) is 13.1 Å². The number of non-ortho nitro benzene ring substituents is 1. The van der Waals surface area contributed by atoms with Gasteiger partial charge in [-0.2, -0.15) is 0 Å². The van der Waals surface area contributed by atoms with Crippen LogP contribution in [0.4, 0.5) is 10.5 Å². The number of nitro groups is 1. The molecular weight excluding hydrogens is 272 g/mol. The summed E-state index contributed by atoms with van der Waals surface area (Å²) in [5, 5.41) is 10.6. The summed E-state index contributed by atoms with van der Waals surface area (Å²) in [7, 11) is 0. The average molecular weight is 284 g/mol. The van der Waals surface area contributed by atoms with Crippen LogP contribution < -0.4 is 4.74 Å². The second-order valence-corrected chi connectivity index (χ2v) is 4.74. The third kappa shape index (κ3) is 2.69. The van der Waals surface area contributed by atoms with Crippen molar-refractivity contribution in [1.29, 1.82) is 0 Å². The van der Waals surface area contributed by atoms with Crippen LogP contribution in [0.3, 0.4) is 0 Å². The maximum absolute atomic E-state index is 12.1. The van der Waals surface area contributed by atoms with E-state index in [1.54, 1.807) is 4.90 Å². The number of hydrogen-bond acceptors (Lipinski definition) is 4. The number of rotatable bonds is 2. The van der Waals surface area contributed by atoms with Crippen LogP contribution in [0.2, 0.25) is 0 Å². The molecule has 1 heterocycles. The fourth-order valence-electron chi connectivity index (χ4n) is 2.26. The van der Waals surface area contributed by atoms with Gasteiger partial charge < -0.3 is 4.74 Å². The van der Waals surface area contributed by atoms with Crippen molar-refractivity contribution in [1.82, 2.24) is 4.90 Å². The number of fused-ring (bicyclic) bond motifs is 1. The standard InChI is InChI=1S/C15H12N2O4/c18-15(16-9-11-3-1-2-4-12(11)10-16)21-14-7-5-13(6-8-14)17(19)20/h1-8H,9-10H2. The molecule has 1 aliphatic rings. The third-order valence-electron chi connectivity index (χ3n) is 3.35. The topological polar surface area (TPSA) is 72.7 Å². The fraction of sp³-hybridized carbons (Fsp3) is 0.133. The maximum atomic E-state index is 12.1. The fourth-order valence-corrected chi connectivity index (χ4v) is 2.26. The van der Waals surface area contributed by atoms with Crippen LogP contribution in [0.5, 0.6) is 5.75 Å². The van der Waals surface area contributed by atoms with Crippen LogP contribution in [-0.2, 0) is 13.1 Å². The van der Waals surface area contributed by atoms with Crippen LogP contribution >= 0.6 is 0 Å². The first-order chi connectivity index (χ1) is 10.1. The van der Waals surface area contributed by atoms with Crippen molar-refractivity contribution < 1.29 is 14.5 Å². The number of carbonyl (C=O) groups excluding carboxylic acids is 1. The second-order valence-electron chi connectivity index (χ2n) is 4.74. The van der Waals surface area contributed by atoms with Crippen molar-refractivity contribution in [3.05, 3.63) is 69.8 Å². The Morgan fingerprint density at radius 1 is 1.05 bits per heavy atom. The van der Waals surface area contributed by atoms with Crippen LogP contribution in [0.25, 0.3) is 0 Å². The molecule has 0 N–H and O–H groups in total. The van der Waals surface area contributed by atoms with Crippen LogP contribution in [0, 0.1) is 10.1 Å². The molecule has 1 aliphatic heterocycles. The molecule has 0 atom stereocenters. The highest BCUT2D eigenvalue weighted by atomic mass is 16.6. The Hall–Kier alpha value is -2.89. The molecule has 1 amide bonds. The SMILES string of the molecule is O=C(Oc1ccc([N+](=O)[O-])cc1)N1Cc2ccccc2C1. The summed E-state index contributed by atoms with van der Waals surface area (Å²) in [4.78, 5) is 23.7. The van der Waals surface area contributed by atoms with Gasteiger partial charge in [-0.3, -0.25) is 15.0 Å². The molecule has 2 aromatic rings. The molecule has 0 radical (unpaired) electrons. The smallest absolute Gasteiger partial charge is 0.410 e. The highest BCUT2D eigenvalue weighted by Gasteiger charge is 2.24. The van der Waals surface area contributed by atoms with Gasteiger partial charge in [-0.25, -0.2) is 4.79 Å². The summed E-state index contributed by atoms with van der Waals surface area (Å²) in [6.07, 6.45) is -0.458. The van der Waals surface area contributed by atoms with Crippen molar-refractivity contribution in [3.8, 4) is 5.75 Å². The zero-order valence-corrected chi connectivity index (χ0v) is 11.1. The number of nitrogens with zero attached hydrogens (tertiary/aromatic N) is 2. The molecule has 0 bridgehead atoms. The van der Waals surface area contributed by atoms with Gasteiger partial charge in [0.15, 0.2) is 0 Å². The lowest BCUT2D eigenvalue weighted by Crippen LogP contribution is -2.28. The average Bonchev–Trinajstić information content (AvgIpc) is 2.92. The van der Waals surface area contributed by atoms with Gasteiger partial charge in [0.2, 0.25) is 0 Å². The lowest BCUT2D eigenvalue weighted by molar-refractivity contribution is -0.384. The minimum atomic E-state index is -0.497. The number of benzene rings is 2. The number of ether oxygens (including phenoxy) is 1. The second kappa shape index (κ2) is 5.24. The third-order valence-corrected chi connectivity index (χ3v) is 3.35. The Balaban J connectivity index is 1.66. The van der Waals surface area contributed by atoms with Gasteiger partial charge in [-0.15, -0.1) is 0 Å². The van der Waals surface area contributed by atoms with Crippen molar-refractivity contribution in [2.75, 3.05) is 0 Å². The molecule has 6 nitrogen and oxygen atoms in total. The Morgan fingerprint density at radius 2 is 1.62 bits per heavy atom. The first kappa shape index (κ1) is 13.1. The first-order valence-corrected chi connectivity index (χ1v) is 6.41. The Labute approximate surface area is 120 Å². The highest BCUT2D eigenvalue weighted by Crippen LogP contribution is 2.24. The molecule has 0 saturated heterocycles. The van der Waals surface area contributed by atoms with Gasteiger partial charge in [0, 0.05) is 25.2 Å². The van der Waals surface area contributed by atoms with Crippen LogP contribution in [-0.4, -0.2) is 15.9 Å². The molecule has 0 aromatic heterocycles. The predicted molar refractivity (Wildman–Crippen MR) is 74.8 cm³/mol. The summed E-state index contributed by atoms with van der Waals surface area (Å²) in [6, 6.07) is 13.3. The molecule has 3 rings (SSSR count). The van der Waals surface area contributed by atoms with E-state index in [9.17, 15) is 14.9 Å². The van der Waals surface area contributed by atoms with Crippen molar-refractivity contribution in [3.63, 3.8) is 0 Å². The Bertz CT molecular complexity index is 672. The molecule has 2 aromatic carbocycles. The number of amides is 1. The van der Waals surface area contributed by atoms with E-state index in [0.29, 0.717) is 18.8 Å². The predicted octanol–water partition coefficient (Wildman–Crippen LogP) is 3.11. The molecule has 6 heteroatoms. The normalized spacial score (nSPS) is 12.9. The number of nitro benzene ring substituents is 1. The number of carbonyl (C=O) groups is 1. The van der Waals surface area contributed by atoms with Gasteiger partial charge in [0.05, 0.1) is 4.92 Å². The van der Waals surface area contributed by atoms with Gasteiger partial charge in [-0.1, -0.05) is 24.3 Å². The van der Waals surface area contributed by atoms with E-state index < -0.39 is 11.0 Å². The van der Waals surface area contributed by atoms with E-state index in [1.165, 1.54) is 24.3 Å². The quantitative estimate of drug-likeness (QED) is 0.627. The van der Waals surface area contributed by atoms with E-state index >= 15 is 0 Å². The Kier molecular flexibility index (Phi) is 3.27. The van der Waals surface area contributed by atoms with Crippen molar-refractivity contribution >= 4 is 11.8 Å². The van der Waals surface area contributed by atoms with Gasteiger partial charge in [0.25, 0.3) is 5.69 Å². The van der Waals surface area contributed by atoms with Crippen molar-refractivity contribution in [2.24, 2.45) is 0 Å². The van der Waals surface area contributed by atoms with Crippen LogP contribution in [0.15, 0.2) is 48.5 Å². The van der Waals surface area contributed by atoms with E-state index in [4.69, 9.17) is 4.74 Å². The molecule has 106 valence electrons. The summed E-state index contributed by atoms with van der Waals surface area (Å²) in [5.74, 6) is 0.293. The Morgan fingerprint density at radius 3 is 2.14 bits per heavy atom. The summed E-state index contributed by atoms with van der Waals surface area (Å²) >= 11 is 0. The van der Waals surface area contributed by atoms with Crippen LogP contribution in [0.1, 0.15) is 11.1 Å². The molecule has 0 saturated carbocycles. The van der Waals surface area contributed by atoms with Gasteiger partial charge in [0.1, 0.15) is 5.75 Å². The zero-order chi connectivity index (χ0) is 14.8. The minimum Gasteiger partial charge on any atom is -0.410 e. The maximum Gasteiger partial charge on any atom is 0.415 e. The molecule has 0 fully saturated rings. The lowest BCUT2D eigenvalue weighted by atomic mass is 10.1. The van der Waals surface area contributed by atoms with Gasteiger partial charge >= 0.3 is 6.09 Å². The van der Waals surface area contributed by atoms with Gasteiger partial charge in [-0.05, 0) is 23.3 Å². The monoisotopic (exact) mass is 284 g/mol. The molecule has 0 unspecified atom stereocenters. The molecule has 21 heavy (non-hydrogen) atoms. The van der Waals surface area contributed by atoms with E-state index in [2.05, 4.69) is 0 Å². The summed E-state index contributed by atoms with van der Waals surface area (Å²) < 4.78 is 5.23. The molecular formula is C15H12N2O4. The lowest BCUT2D eigenvalue weighted by Gasteiger charge is -2.14. The minimum absolute atomic E-state index is 0.0385.